The molecule has 0 bridgehead atoms. The highest BCUT2D eigenvalue weighted by Crippen LogP contribution is 2.37. The minimum absolute atomic E-state index is 0.260. The van der Waals surface area contributed by atoms with Crippen LogP contribution < -0.4 is 4.74 Å². The van der Waals surface area contributed by atoms with Gasteiger partial charge in [-0.25, -0.2) is 4.39 Å². The Morgan fingerprint density at radius 2 is 1.32 bits per heavy atom. The molecule has 3 rings (SSSR count). The first-order chi connectivity index (χ1) is 10.5. The van der Waals surface area contributed by atoms with Gasteiger partial charge in [-0.05, 0) is 23.1 Å². The Kier molecular flexibility index (Phi) is 3.48. The predicted molar refractivity (Wildman–Crippen MR) is 76.0 cm³/mol. The molecule has 1 nitrogen and oxygen atoms in total. The van der Waals surface area contributed by atoms with E-state index in [1.807, 2.05) is 0 Å². The van der Waals surface area contributed by atoms with Crippen LogP contribution in [0.1, 0.15) is 0 Å². The summed E-state index contributed by atoms with van der Waals surface area (Å²) in [4.78, 5) is 0. The molecule has 0 saturated heterocycles. The number of rotatable bonds is 2. The number of fused-ring (bicyclic) bond motifs is 1. The van der Waals surface area contributed by atoms with Crippen molar-refractivity contribution in [1.29, 1.82) is 0 Å². The van der Waals surface area contributed by atoms with Crippen LogP contribution in [0.2, 0.25) is 0 Å². The number of hydrogen-bond acceptors (Lipinski definition) is 1. The molecule has 3 aromatic rings. The summed E-state index contributed by atoms with van der Waals surface area (Å²) >= 11 is 0. The van der Waals surface area contributed by atoms with Crippen LogP contribution in [0.4, 0.5) is 17.6 Å². The van der Waals surface area contributed by atoms with Gasteiger partial charge >= 0.3 is 6.36 Å². The Labute approximate surface area is 123 Å². The molecule has 0 heterocycles. The van der Waals surface area contributed by atoms with Crippen LogP contribution in [-0.4, -0.2) is 6.36 Å². The number of benzene rings is 3. The molecule has 0 fully saturated rings. The summed E-state index contributed by atoms with van der Waals surface area (Å²) in [6.07, 6.45) is -4.79. The van der Waals surface area contributed by atoms with Crippen molar-refractivity contribution < 1.29 is 22.3 Å². The van der Waals surface area contributed by atoms with Crippen molar-refractivity contribution in [3.8, 4) is 16.9 Å². The minimum atomic E-state index is -4.79. The summed E-state index contributed by atoms with van der Waals surface area (Å²) in [6.45, 7) is 0. The second-order valence-electron chi connectivity index (χ2n) is 4.68. The quantitative estimate of drug-likeness (QED) is 0.564. The Morgan fingerprint density at radius 1 is 0.682 bits per heavy atom. The van der Waals surface area contributed by atoms with Crippen LogP contribution in [0.5, 0.6) is 5.75 Å². The fourth-order valence-electron chi connectivity index (χ4n) is 2.40. The van der Waals surface area contributed by atoms with Crippen molar-refractivity contribution in [3.63, 3.8) is 0 Å². The molecule has 3 aromatic carbocycles. The van der Waals surface area contributed by atoms with E-state index in [0.717, 1.165) is 0 Å². The number of halogens is 4. The van der Waals surface area contributed by atoms with E-state index in [-0.39, 0.29) is 11.3 Å². The predicted octanol–water partition coefficient (Wildman–Crippen LogP) is 5.54. The molecular formula is C17H10F4O. The van der Waals surface area contributed by atoms with Gasteiger partial charge in [0, 0.05) is 10.9 Å². The van der Waals surface area contributed by atoms with Gasteiger partial charge in [0.25, 0.3) is 0 Å². The maximum atomic E-state index is 13.8. The average Bonchev–Trinajstić information content (AvgIpc) is 2.47. The Balaban J connectivity index is 2.23. The first-order valence-corrected chi connectivity index (χ1v) is 6.48. The zero-order valence-corrected chi connectivity index (χ0v) is 11.2. The molecule has 0 atom stereocenters. The van der Waals surface area contributed by atoms with Crippen LogP contribution >= 0.6 is 0 Å². The first-order valence-electron chi connectivity index (χ1n) is 6.48. The lowest BCUT2D eigenvalue weighted by molar-refractivity contribution is -0.274. The monoisotopic (exact) mass is 306 g/mol. The van der Waals surface area contributed by atoms with Gasteiger partial charge in [-0.1, -0.05) is 48.5 Å². The zero-order chi connectivity index (χ0) is 15.7. The lowest BCUT2D eigenvalue weighted by atomic mass is 9.97. The van der Waals surface area contributed by atoms with E-state index in [9.17, 15) is 17.6 Å². The Bertz CT molecular complexity index is 824. The number of para-hydroxylation sites is 1. The van der Waals surface area contributed by atoms with Crippen LogP contribution in [0, 0.1) is 5.82 Å². The molecule has 112 valence electrons. The van der Waals surface area contributed by atoms with Gasteiger partial charge in [0.1, 0.15) is 11.6 Å². The van der Waals surface area contributed by atoms with E-state index in [2.05, 4.69) is 4.74 Å². The highest BCUT2D eigenvalue weighted by molar-refractivity contribution is 5.98. The van der Waals surface area contributed by atoms with Gasteiger partial charge < -0.3 is 4.74 Å². The molecule has 22 heavy (non-hydrogen) atoms. The zero-order valence-electron chi connectivity index (χ0n) is 11.2. The molecule has 0 aliphatic carbocycles. The van der Waals surface area contributed by atoms with E-state index < -0.39 is 12.2 Å². The Morgan fingerprint density at radius 3 is 2.05 bits per heavy atom. The molecule has 0 unspecified atom stereocenters. The SMILES string of the molecule is Fc1ccc(-c2ccccc2OC(F)(F)F)c2ccccc12. The molecule has 0 radical (unpaired) electrons. The maximum absolute atomic E-state index is 13.8. The highest BCUT2D eigenvalue weighted by Gasteiger charge is 2.32. The molecule has 0 N–H and O–H groups in total. The summed E-state index contributed by atoms with van der Waals surface area (Å²) in [5, 5.41) is 0.877. The van der Waals surface area contributed by atoms with Gasteiger partial charge in [-0.3, -0.25) is 0 Å². The highest BCUT2D eigenvalue weighted by atomic mass is 19.4. The van der Waals surface area contributed by atoms with E-state index >= 15 is 0 Å². The molecule has 0 amide bonds. The topological polar surface area (TPSA) is 9.23 Å². The standard InChI is InChI=1S/C17H10F4O/c18-15-10-9-12(11-5-1-2-6-13(11)15)14-7-3-4-8-16(14)22-17(19,20)21/h1-10H. The van der Waals surface area contributed by atoms with Gasteiger partial charge in [0.15, 0.2) is 0 Å². The smallest absolute Gasteiger partial charge is 0.405 e. The molecule has 0 saturated carbocycles. The summed E-state index contributed by atoms with van der Waals surface area (Å²) in [5.74, 6) is -0.736. The first kappa shape index (κ1) is 14.4. The summed E-state index contributed by atoms with van der Waals surface area (Å²) in [6, 6.07) is 15.1. The van der Waals surface area contributed by atoms with E-state index in [1.54, 1.807) is 30.3 Å². The molecule has 0 aliphatic heterocycles. The van der Waals surface area contributed by atoms with Crippen LogP contribution in [-0.2, 0) is 0 Å². The fourth-order valence-corrected chi connectivity index (χ4v) is 2.40. The second kappa shape index (κ2) is 5.33. The molecule has 5 heteroatoms. The van der Waals surface area contributed by atoms with Crippen molar-refractivity contribution >= 4 is 10.8 Å². The normalized spacial score (nSPS) is 11.6. The van der Waals surface area contributed by atoms with Crippen LogP contribution in [0.25, 0.3) is 21.9 Å². The van der Waals surface area contributed by atoms with Gasteiger partial charge in [-0.2, -0.15) is 0 Å². The number of ether oxygens (including phenoxy) is 1. The third-order valence-corrected chi connectivity index (χ3v) is 3.27. The summed E-state index contributed by atoms with van der Waals surface area (Å²) in [5.41, 5.74) is 0.743. The van der Waals surface area contributed by atoms with Crippen molar-refractivity contribution in [2.45, 2.75) is 6.36 Å². The molecule has 0 aromatic heterocycles. The summed E-state index contributed by atoms with van der Waals surface area (Å²) < 4.78 is 55.5. The van der Waals surface area contributed by atoms with Crippen LogP contribution in [0.3, 0.4) is 0 Å². The molecule has 0 spiro atoms. The molecular weight excluding hydrogens is 296 g/mol. The Hall–Kier alpha value is -2.56. The van der Waals surface area contributed by atoms with Crippen LogP contribution in [0.15, 0.2) is 60.7 Å². The van der Waals surface area contributed by atoms with Crippen molar-refractivity contribution in [1.82, 2.24) is 0 Å². The number of hydrogen-bond donors (Lipinski definition) is 0. The van der Waals surface area contributed by atoms with Gasteiger partial charge in [0.05, 0.1) is 0 Å². The third-order valence-electron chi connectivity index (χ3n) is 3.27. The average molecular weight is 306 g/mol. The largest absolute Gasteiger partial charge is 0.573 e. The lowest BCUT2D eigenvalue weighted by Gasteiger charge is -2.15. The van der Waals surface area contributed by atoms with Crippen molar-refractivity contribution in [2.24, 2.45) is 0 Å². The van der Waals surface area contributed by atoms with E-state index in [0.29, 0.717) is 16.3 Å². The van der Waals surface area contributed by atoms with Crippen molar-refractivity contribution in [2.75, 3.05) is 0 Å². The van der Waals surface area contributed by atoms with Gasteiger partial charge in [-0.15, -0.1) is 13.2 Å². The lowest BCUT2D eigenvalue weighted by Crippen LogP contribution is -2.17. The van der Waals surface area contributed by atoms with Gasteiger partial charge in [0.2, 0.25) is 0 Å². The van der Waals surface area contributed by atoms with E-state index in [1.165, 1.54) is 30.3 Å². The van der Waals surface area contributed by atoms with Crippen molar-refractivity contribution in [3.05, 3.63) is 66.5 Å². The van der Waals surface area contributed by atoms with E-state index in [4.69, 9.17) is 0 Å². The third kappa shape index (κ3) is 2.74. The summed E-state index contributed by atoms with van der Waals surface area (Å²) in [7, 11) is 0. The molecule has 0 aliphatic rings. The minimum Gasteiger partial charge on any atom is -0.405 e. The fraction of sp³-hybridized carbons (Fsp3) is 0.0588. The number of alkyl halides is 3. The second-order valence-corrected chi connectivity index (χ2v) is 4.68. The maximum Gasteiger partial charge on any atom is 0.573 e.